The molecule has 2 aliphatic heterocycles. The molecule has 38 heavy (non-hydrogen) atoms. The van der Waals surface area contributed by atoms with Gasteiger partial charge < -0.3 is 19.1 Å². The maximum absolute atomic E-state index is 13.4. The quantitative estimate of drug-likeness (QED) is 0.484. The van der Waals surface area contributed by atoms with E-state index in [0.717, 1.165) is 71.6 Å². The fourth-order valence-electron chi connectivity index (χ4n) is 6.50. The Morgan fingerprint density at radius 2 is 1.89 bits per heavy atom. The van der Waals surface area contributed by atoms with E-state index in [0.29, 0.717) is 11.3 Å². The molecule has 6 rings (SSSR count). The van der Waals surface area contributed by atoms with Gasteiger partial charge in [0.05, 0.1) is 29.7 Å². The van der Waals surface area contributed by atoms with E-state index >= 15 is 0 Å². The van der Waals surface area contributed by atoms with Crippen molar-refractivity contribution in [2.24, 2.45) is 7.05 Å². The lowest BCUT2D eigenvalue weighted by Crippen LogP contribution is -2.43. The highest BCUT2D eigenvalue weighted by Gasteiger charge is 2.30. The fourth-order valence-corrected chi connectivity index (χ4v) is 6.50. The summed E-state index contributed by atoms with van der Waals surface area (Å²) < 4.78 is 7.77. The molecule has 1 aliphatic carbocycles. The lowest BCUT2D eigenvalue weighted by atomic mass is 9.92. The first-order valence-electron chi connectivity index (χ1n) is 13.8. The van der Waals surface area contributed by atoms with Crippen LogP contribution < -0.4 is 20.5 Å². The Labute approximate surface area is 224 Å². The molecular formula is C29H37N7O2. The van der Waals surface area contributed by atoms with E-state index in [9.17, 15) is 4.79 Å². The number of carbonyl (C=O) groups excluding carboxylic acids is 1. The number of nitrogens with zero attached hydrogens (tertiary/aromatic N) is 5. The predicted octanol–water partition coefficient (Wildman–Crippen LogP) is 3.72. The van der Waals surface area contributed by atoms with Crippen LogP contribution in [0.2, 0.25) is 0 Å². The zero-order valence-corrected chi connectivity index (χ0v) is 22.6. The van der Waals surface area contributed by atoms with Crippen LogP contribution in [0.3, 0.4) is 0 Å². The summed E-state index contributed by atoms with van der Waals surface area (Å²) in [7, 11) is 3.66. The molecule has 200 valence electrons. The first kappa shape index (κ1) is 24.7. The topological polar surface area (TPSA) is 87.5 Å². The Hall–Kier alpha value is -3.59. The summed E-state index contributed by atoms with van der Waals surface area (Å²) in [6, 6.07) is 6.89. The molecule has 4 heterocycles. The van der Waals surface area contributed by atoms with E-state index in [-0.39, 0.29) is 5.91 Å². The minimum Gasteiger partial charge on any atom is -0.494 e. The normalized spacial score (nSPS) is 17.7. The number of rotatable bonds is 6. The van der Waals surface area contributed by atoms with Crippen molar-refractivity contribution in [3.8, 4) is 17.1 Å². The predicted molar refractivity (Wildman–Crippen MR) is 149 cm³/mol. The molecule has 9 heteroatoms. The number of benzene rings is 1. The van der Waals surface area contributed by atoms with Crippen molar-refractivity contribution in [3.63, 3.8) is 0 Å². The molecule has 0 unspecified atom stereocenters. The number of anilines is 2. The van der Waals surface area contributed by atoms with Gasteiger partial charge in [-0.15, -0.1) is 0 Å². The number of ether oxygens (including phenoxy) is 1. The molecule has 0 bridgehead atoms. The molecule has 0 radical (unpaired) electrons. The summed E-state index contributed by atoms with van der Waals surface area (Å²) in [6.07, 6.45) is 10.2. The Balaban J connectivity index is 1.15. The number of hydrogen-bond acceptors (Lipinski definition) is 7. The molecular weight excluding hydrogens is 478 g/mol. The number of likely N-dealkylation sites (tertiary alicyclic amines) is 1. The van der Waals surface area contributed by atoms with Gasteiger partial charge in [-0.1, -0.05) is 0 Å². The summed E-state index contributed by atoms with van der Waals surface area (Å²) >= 11 is 0. The van der Waals surface area contributed by atoms with E-state index in [1.54, 1.807) is 13.4 Å². The van der Waals surface area contributed by atoms with Crippen LogP contribution in [0.5, 0.6) is 5.75 Å². The van der Waals surface area contributed by atoms with Crippen LogP contribution >= 0.6 is 0 Å². The summed E-state index contributed by atoms with van der Waals surface area (Å²) in [5, 5.41) is 0. The van der Waals surface area contributed by atoms with Crippen LogP contribution in [0.1, 0.15) is 52.9 Å². The molecule has 0 spiro atoms. The van der Waals surface area contributed by atoms with E-state index in [1.165, 1.54) is 38.8 Å². The lowest BCUT2D eigenvalue weighted by molar-refractivity contribution is 0.0961. The van der Waals surface area contributed by atoms with Crippen LogP contribution in [-0.4, -0.2) is 64.7 Å². The van der Waals surface area contributed by atoms with Gasteiger partial charge in [-0.3, -0.25) is 15.6 Å². The molecule has 2 aromatic heterocycles. The largest absolute Gasteiger partial charge is 0.494 e. The van der Waals surface area contributed by atoms with E-state index in [1.807, 2.05) is 26.2 Å². The van der Waals surface area contributed by atoms with Crippen LogP contribution in [0.4, 0.5) is 11.4 Å². The third kappa shape index (κ3) is 4.38. The van der Waals surface area contributed by atoms with Crippen LogP contribution in [-0.2, 0) is 19.9 Å². The van der Waals surface area contributed by atoms with Crippen molar-refractivity contribution in [1.82, 2.24) is 24.9 Å². The van der Waals surface area contributed by atoms with Gasteiger partial charge in [0.15, 0.2) is 0 Å². The van der Waals surface area contributed by atoms with E-state index < -0.39 is 0 Å². The lowest BCUT2D eigenvalue weighted by Gasteiger charge is -2.38. The first-order chi connectivity index (χ1) is 18.5. The molecule has 1 aromatic carbocycles. The van der Waals surface area contributed by atoms with E-state index in [4.69, 9.17) is 4.74 Å². The van der Waals surface area contributed by atoms with Crippen LogP contribution in [0, 0.1) is 6.92 Å². The number of aromatic nitrogens is 3. The van der Waals surface area contributed by atoms with Crippen molar-refractivity contribution in [3.05, 3.63) is 53.1 Å². The second kappa shape index (κ2) is 10.3. The second-order valence-corrected chi connectivity index (χ2v) is 10.7. The maximum atomic E-state index is 13.4. The fraction of sp³-hybridized carbons (Fsp3) is 0.483. The Kier molecular flexibility index (Phi) is 6.69. The third-order valence-electron chi connectivity index (χ3n) is 8.65. The number of piperidine rings is 1. The monoisotopic (exact) mass is 515 g/mol. The summed E-state index contributed by atoms with van der Waals surface area (Å²) in [5.41, 5.74) is 13.6. The molecule has 0 saturated carbocycles. The number of hydrazine groups is 1. The van der Waals surface area contributed by atoms with Crippen molar-refractivity contribution in [2.45, 2.75) is 51.5 Å². The van der Waals surface area contributed by atoms with Gasteiger partial charge in [0.2, 0.25) is 0 Å². The van der Waals surface area contributed by atoms with Crippen molar-refractivity contribution < 1.29 is 9.53 Å². The zero-order valence-electron chi connectivity index (χ0n) is 22.6. The second-order valence-electron chi connectivity index (χ2n) is 10.7. The van der Waals surface area contributed by atoms with E-state index in [2.05, 4.69) is 47.3 Å². The number of amides is 1. The molecule has 3 aliphatic rings. The molecule has 1 amide bonds. The Morgan fingerprint density at radius 1 is 1.11 bits per heavy atom. The van der Waals surface area contributed by atoms with Gasteiger partial charge in [-0.25, -0.2) is 9.97 Å². The SMILES string of the molecule is COc1cc(N2CCC(N3CCCC3)CC2)ccc1NNC(=O)c1c2c(n(C)c1C)-c1ncncc1CC2. The number of methoxy groups -OCH3 is 1. The van der Waals surface area contributed by atoms with Gasteiger partial charge in [0.1, 0.15) is 12.1 Å². The highest BCUT2D eigenvalue weighted by atomic mass is 16.5. The Morgan fingerprint density at radius 3 is 2.66 bits per heavy atom. The summed E-state index contributed by atoms with van der Waals surface area (Å²) in [4.78, 5) is 27.2. The average molecular weight is 516 g/mol. The first-order valence-corrected chi connectivity index (χ1v) is 13.8. The summed E-state index contributed by atoms with van der Waals surface area (Å²) in [5.74, 6) is 0.550. The zero-order chi connectivity index (χ0) is 26.2. The van der Waals surface area contributed by atoms with Gasteiger partial charge >= 0.3 is 0 Å². The van der Waals surface area contributed by atoms with Crippen molar-refractivity contribution in [1.29, 1.82) is 0 Å². The molecule has 2 fully saturated rings. The third-order valence-corrected chi connectivity index (χ3v) is 8.65. The van der Waals surface area contributed by atoms with Gasteiger partial charge in [0, 0.05) is 49.8 Å². The molecule has 2 saturated heterocycles. The molecule has 0 atom stereocenters. The molecule has 3 aromatic rings. The van der Waals surface area contributed by atoms with Crippen LogP contribution in [0.15, 0.2) is 30.7 Å². The number of nitrogens with one attached hydrogen (secondary N) is 2. The number of aryl methyl sites for hydroxylation is 1. The Bertz CT molecular complexity index is 1340. The average Bonchev–Trinajstić information content (AvgIpc) is 3.59. The summed E-state index contributed by atoms with van der Waals surface area (Å²) in [6.45, 7) is 6.62. The van der Waals surface area contributed by atoms with Crippen molar-refractivity contribution in [2.75, 3.05) is 43.6 Å². The smallest absolute Gasteiger partial charge is 0.271 e. The highest BCUT2D eigenvalue weighted by molar-refractivity contribution is 6.00. The maximum Gasteiger partial charge on any atom is 0.271 e. The number of fused-ring (bicyclic) bond motifs is 3. The molecule has 2 N–H and O–H groups in total. The molecule has 9 nitrogen and oxygen atoms in total. The van der Waals surface area contributed by atoms with Gasteiger partial charge in [0.25, 0.3) is 5.91 Å². The number of carbonyl (C=O) groups is 1. The van der Waals surface area contributed by atoms with Crippen LogP contribution in [0.25, 0.3) is 11.4 Å². The number of hydrogen-bond donors (Lipinski definition) is 2. The van der Waals surface area contributed by atoms with Gasteiger partial charge in [-0.2, -0.15) is 0 Å². The minimum absolute atomic E-state index is 0.160. The minimum atomic E-state index is -0.160. The highest BCUT2D eigenvalue weighted by Crippen LogP contribution is 2.37. The standard InChI is InChI=1S/C29H37N7O2/c1-19-26(23-8-6-20-17-30-18-31-27(20)28(23)34(19)2)29(37)33-32-24-9-7-22(16-25(24)38-3)36-14-10-21(11-15-36)35-12-4-5-13-35/h7,9,16-18,21,32H,4-6,8,10-15H2,1-3H3,(H,33,37). The van der Waals surface area contributed by atoms with Crippen molar-refractivity contribution >= 4 is 17.3 Å². The van der Waals surface area contributed by atoms with Gasteiger partial charge in [-0.05, 0) is 81.8 Å².